The molecule has 5 atom stereocenters. The fourth-order valence-electron chi connectivity index (χ4n) is 5.63. The van der Waals surface area contributed by atoms with Crippen LogP contribution in [0.4, 0.5) is 0 Å². The van der Waals surface area contributed by atoms with Crippen molar-refractivity contribution in [2.75, 3.05) is 0 Å². The highest BCUT2D eigenvalue weighted by molar-refractivity contribution is 5.81. The molecule has 0 amide bonds. The molecular weight excluding hydrogens is 264 g/mol. The Labute approximate surface area is 126 Å². The molecule has 0 aromatic heterocycles. The number of carbonyl (C=O) groups excluding carboxylic acids is 1. The van der Waals surface area contributed by atoms with Crippen LogP contribution in [0.25, 0.3) is 0 Å². The van der Waals surface area contributed by atoms with Crippen LogP contribution in [0.5, 0.6) is 0 Å². The number of ether oxygens (including phenoxy) is 1. The van der Waals surface area contributed by atoms with Crippen LogP contribution in [0.2, 0.25) is 0 Å². The highest BCUT2D eigenvalue weighted by Crippen LogP contribution is 2.70. The summed E-state index contributed by atoms with van der Waals surface area (Å²) >= 11 is 0. The van der Waals surface area contributed by atoms with Crippen LogP contribution < -0.4 is 0 Å². The molecule has 4 aliphatic rings. The lowest BCUT2D eigenvalue weighted by molar-refractivity contribution is -0.265. The van der Waals surface area contributed by atoms with Crippen molar-refractivity contribution >= 4 is 5.97 Å². The van der Waals surface area contributed by atoms with E-state index >= 15 is 0 Å². The molecule has 116 valence electrons. The Hall–Kier alpha value is -0.830. The predicted octanol–water partition coefficient (Wildman–Crippen LogP) is 3.42. The van der Waals surface area contributed by atoms with Crippen LogP contribution in [-0.4, -0.2) is 16.9 Å². The van der Waals surface area contributed by atoms with Gasteiger partial charge in [-0.1, -0.05) is 32.9 Å². The molecule has 5 unspecified atom stereocenters. The van der Waals surface area contributed by atoms with Crippen molar-refractivity contribution in [2.45, 2.75) is 65.1 Å². The summed E-state index contributed by atoms with van der Waals surface area (Å²) < 4.78 is 5.84. The van der Waals surface area contributed by atoms with Crippen molar-refractivity contribution in [1.29, 1.82) is 0 Å². The van der Waals surface area contributed by atoms with Gasteiger partial charge in [0.2, 0.25) is 5.79 Å². The van der Waals surface area contributed by atoms with Gasteiger partial charge in [-0.3, -0.25) is 4.79 Å². The van der Waals surface area contributed by atoms with Crippen LogP contribution in [0.3, 0.4) is 0 Å². The Morgan fingerprint density at radius 1 is 1.19 bits per heavy atom. The van der Waals surface area contributed by atoms with Gasteiger partial charge in [-0.2, -0.15) is 0 Å². The third-order valence-corrected chi connectivity index (χ3v) is 7.76. The maximum atomic E-state index is 12.8. The van der Waals surface area contributed by atoms with Gasteiger partial charge < -0.3 is 9.84 Å². The first-order valence-electron chi connectivity index (χ1n) is 8.38. The average Bonchev–Trinajstić information content (AvgIpc) is 3.11. The Morgan fingerprint density at radius 2 is 1.95 bits per heavy atom. The van der Waals surface area contributed by atoms with Gasteiger partial charge in [0.05, 0.1) is 5.41 Å². The summed E-state index contributed by atoms with van der Waals surface area (Å²) in [7, 11) is 0. The van der Waals surface area contributed by atoms with E-state index < -0.39 is 11.2 Å². The molecule has 3 nitrogen and oxygen atoms in total. The Bertz CT molecular complexity index is 537. The normalized spacial score (nSPS) is 52.6. The second-order valence-corrected chi connectivity index (χ2v) is 8.69. The quantitative estimate of drug-likeness (QED) is 0.481. The van der Waals surface area contributed by atoms with Crippen molar-refractivity contribution in [2.24, 2.45) is 28.1 Å². The van der Waals surface area contributed by atoms with Gasteiger partial charge in [0, 0.05) is 11.8 Å². The fraction of sp³-hybridized carbons (Fsp3) is 0.833. The molecule has 21 heavy (non-hydrogen) atoms. The summed E-state index contributed by atoms with van der Waals surface area (Å²) in [5, 5.41) is 11.2. The molecule has 0 aromatic carbocycles. The average molecular weight is 290 g/mol. The van der Waals surface area contributed by atoms with E-state index in [2.05, 4.69) is 26.8 Å². The predicted molar refractivity (Wildman–Crippen MR) is 79.2 cm³/mol. The van der Waals surface area contributed by atoms with Crippen LogP contribution in [-0.2, 0) is 9.53 Å². The minimum atomic E-state index is -1.28. The van der Waals surface area contributed by atoms with Crippen molar-refractivity contribution in [3.8, 4) is 0 Å². The topological polar surface area (TPSA) is 46.5 Å². The lowest BCUT2D eigenvalue weighted by Crippen LogP contribution is -2.52. The highest BCUT2D eigenvalue weighted by atomic mass is 16.7. The van der Waals surface area contributed by atoms with Gasteiger partial charge in [0.25, 0.3) is 0 Å². The highest BCUT2D eigenvalue weighted by Gasteiger charge is 2.71. The molecule has 4 aliphatic carbocycles. The number of esters is 1. The van der Waals surface area contributed by atoms with E-state index in [1.165, 1.54) is 0 Å². The zero-order valence-corrected chi connectivity index (χ0v) is 13.3. The Balaban J connectivity index is 1.61. The van der Waals surface area contributed by atoms with E-state index in [1.54, 1.807) is 0 Å². The molecular formula is C18H26O3. The maximum absolute atomic E-state index is 12.8. The smallest absolute Gasteiger partial charge is 0.318 e. The van der Waals surface area contributed by atoms with Gasteiger partial charge in [-0.25, -0.2) is 0 Å². The number of fused-ring (bicyclic) bond motifs is 4. The van der Waals surface area contributed by atoms with Crippen LogP contribution in [0, 0.1) is 28.1 Å². The second kappa shape index (κ2) is 3.73. The molecule has 3 fully saturated rings. The summed E-state index contributed by atoms with van der Waals surface area (Å²) in [6.07, 6.45) is 9.71. The van der Waals surface area contributed by atoms with Crippen molar-refractivity contribution < 1.29 is 14.6 Å². The van der Waals surface area contributed by atoms with Crippen molar-refractivity contribution in [3.63, 3.8) is 0 Å². The number of rotatable bonds is 2. The molecule has 0 spiro atoms. The number of hydrogen-bond acceptors (Lipinski definition) is 3. The van der Waals surface area contributed by atoms with Gasteiger partial charge in [0.15, 0.2) is 0 Å². The SMILES string of the molecule is CC1(C)C2CCC1(C)C(O)(OC(=O)C13C=CC(CC1)C3)C2. The van der Waals surface area contributed by atoms with E-state index in [9.17, 15) is 9.90 Å². The van der Waals surface area contributed by atoms with Gasteiger partial charge >= 0.3 is 5.97 Å². The summed E-state index contributed by atoms with van der Waals surface area (Å²) in [6, 6.07) is 0. The monoisotopic (exact) mass is 290 g/mol. The van der Waals surface area contributed by atoms with Gasteiger partial charge in [-0.05, 0) is 49.4 Å². The van der Waals surface area contributed by atoms with E-state index in [1.807, 2.05) is 6.08 Å². The zero-order valence-electron chi connectivity index (χ0n) is 13.3. The lowest BCUT2D eigenvalue weighted by atomic mass is 9.68. The third kappa shape index (κ3) is 1.46. The largest absolute Gasteiger partial charge is 0.432 e. The molecule has 4 bridgehead atoms. The minimum absolute atomic E-state index is 0.0312. The standard InChI is InChI=1S/C18H26O3/c1-15(2)13-6-7-16(15,3)18(20,11-13)21-14(19)17-8-4-12(10-17)5-9-17/h4,8,12-13,20H,5-7,9-11H2,1-3H3. The van der Waals surface area contributed by atoms with E-state index in [-0.39, 0.29) is 16.8 Å². The van der Waals surface area contributed by atoms with E-state index in [4.69, 9.17) is 4.74 Å². The third-order valence-electron chi connectivity index (χ3n) is 7.76. The molecule has 1 N–H and O–H groups in total. The minimum Gasteiger partial charge on any atom is -0.432 e. The Kier molecular flexibility index (Phi) is 2.45. The van der Waals surface area contributed by atoms with Gasteiger partial charge in [0.1, 0.15) is 0 Å². The summed E-state index contributed by atoms with van der Waals surface area (Å²) in [6.45, 7) is 6.54. The zero-order chi connectivity index (χ0) is 15.1. The number of carbonyl (C=O) groups is 1. The van der Waals surface area contributed by atoms with Crippen molar-refractivity contribution in [1.82, 2.24) is 0 Å². The summed E-state index contributed by atoms with van der Waals surface area (Å²) in [4.78, 5) is 12.8. The number of hydrogen-bond donors (Lipinski definition) is 1. The molecule has 0 aliphatic heterocycles. The maximum Gasteiger partial charge on any atom is 0.318 e. The Morgan fingerprint density at radius 3 is 2.38 bits per heavy atom. The first-order chi connectivity index (χ1) is 9.73. The lowest BCUT2D eigenvalue weighted by Gasteiger charge is -2.44. The summed E-state index contributed by atoms with van der Waals surface area (Å²) in [5.41, 5.74) is -0.733. The van der Waals surface area contributed by atoms with Crippen molar-refractivity contribution in [3.05, 3.63) is 12.2 Å². The van der Waals surface area contributed by atoms with Crippen LogP contribution in [0.15, 0.2) is 12.2 Å². The van der Waals surface area contributed by atoms with Gasteiger partial charge in [-0.15, -0.1) is 0 Å². The first kappa shape index (κ1) is 13.8. The van der Waals surface area contributed by atoms with E-state index in [0.29, 0.717) is 18.3 Å². The van der Waals surface area contributed by atoms with E-state index in [0.717, 1.165) is 32.1 Å². The molecule has 3 heteroatoms. The second-order valence-electron chi connectivity index (χ2n) is 8.69. The van der Waals surface area contributed by atoms with Crippen LogP contribution >= 0.6 is 0 Å². The first-order valence-corrected chi connectivity index (χ1v) is 8.38. The molecule has 0 radical (unpaired) electrons. The molecule has 0 saturated heterocycles. The molecule has 3 saturated carbocycles. The van der Waals surface area contributed by atoms with Crippen LogP contribution in [0.1, 0.15) is 59.3 Å². The summed E-state index contributed by atoms with van der Waals surface area (Å²) in [5.74, 6) is -0.474. The fourth-order valence-corrected chi connectivity index (χ4v) is 5.63. The number of aliphatic hydroxyl groups is 1. The molecule has 0 aromatic rings. The molecule has 4 rings (SSSR count). The number of allylic oxidation sites excluding steroid dienone is 1. The molecule has 0 heterocycles.